The molecule has 0 heterocycles. The monoisotopic (exact) mass is 389 g/mol. The van der Waals surface area contributed by atoms with E-state index in [9.17, 15) is 13.6 Å². The number of amides is 1. The first-order valence-electron chi connectivity index (χ1n) is 7.90. The quantitative estimate of drug-likeness (QED) is 0.563. The van der Waals surface area contributed by atoms with E-state index in [2.05, 4.69) is 10.1 Å². The van der Waals surface area contributed by atoms with Crippen molar-refractivity contribution in [2.75, 3.05) is 5.32 Å². The van der Waals surface area contributed by atoms with Crippen LogP contribution in [0.1, 0.15) is 10.4 Å². The number of anilines is 1. The van der Waals surface area contributed by atoms with Gasteiger partial charge >= 0.3 is 6.61 Å². The van der Waals surface area contributed by atoms with Crippen molar-refractivity contribution in [2.45, 2.75) is 6.61 Å². The molecule has 0 saturated heterocycles. The molecule has 0 fully saturated rings. The van der Waals surface area contributed by atoms with Crippen LogP contribution < -0.4 is 14.8 Å². The number of ether oxygens (including phenoxy) is 2. The zero-order valence-electron chi connectivity index (χ0n) is 13.9. The van der Waals surface area contributed by atoms with Gasteiger partial charge in [0.1, 0.15) is 17.2 Å². The average Bonchev–Trinajstić information content (AvgIpc) is 2.65. The summed E-state index contributed by atoms with van der Waals surface area (Å²) in [7, 11) is 0. The molecule has 1 amide bonds. The number of carbonyl (C=O) groups is 1. The van der Waals surface area contributed by atoms with Crippen LogP contribution in [0.4, 0.5) is 14.5 Å². The van der Waals surface area contributed by atoms with Gasteiger partial charge in [0, 0.05) is 11.3 Å². The minimum atomic E-state index is -2.98. The highest BCUT2D eigenvalue weighted by molar-refractivity contribution is 6.32. The summed E-state index contributed by atoms with van der Waals surface area (Å²) in [5.74, 6) is 0.596. The molecule has 138 valence electrons. The van der Waals surface area contributed by atoms with Gasteiger partial charge in [-0.15, -0.1) is 0 Å². The maximum absolute atomic E-state index is 12.4. The maximum Gasteiger partial charge on any atom is 0.387 e. The van der Waals surface area contributed by atoms with Gasteiger partial charge in [0.15, 0.2) is 0 Å². The number of hydrogen-bond donors (Lipinski definition) is 1. The molecule has 0 aliphatic heterocycles. The second-order valence-electron chi connectivity index (χ2n) is 5.42. The number of halogens is 3. The van der Waals surface area contributed by atoms with Crippen molar-refractivity contribution in [2.24, 2.45) is 0 Å². The van der Waals surface area contributed by atoms with Crippen molar-refractivity contribution in [1.82, 2.24) is 0 Å². The number of para-hydroxylation sites is 1. The Morgan fingerprint density at radius 2 is 1.67 bits per heavy atom. The molecule has 1 N–H and O–H groups in total. The lowest BCUT2D eigenvalue weighted by atomic mass is 10.2. The summed E-state index contributed by atoms with van der Waals surface area (Å²) in [6.07, 6.45) is 0. The second kappa shape index (κ2) is 8.51. The van der Waals surface area contributed by atoms with E-state index >= 15 is 0 Å². The van der Waals surface area contributed by atoms with Crippen LogP contribution in [0.15, 0.2) is 72.8 Å². The largest absolute Gasteiger partial charge is 0.457 e. The van der Waals surface area contributed by atoms with Gasteiger partial charge < -0.3 is 14.8 Å². The lowest BCUT2D eigenvalue weighted by molar-refractivity contribution is -0.0497. The van der Waals surface area contributed by atoms with Crippen LogP contribution >= 0.6 is 11.6 Å². The van der Waals surface area contributed by atoms with Gasteiger partial charge in [-0.05, 0) is 48.5 Å². The first-order chi connectivity index (χ1) is 13.0. The van der Waals surface area contributed by atoms with E-state index < -0.39 is 12.5 Å². The lowest BCUT2D eigenvalue weighted by Gasteiger charge is -2.10. The van der Waals surface area contributed by atoms with E-state index in [0.717, 1.165) is 0 Å². The smallest absolute Gasteiger partial charge is 0.387 e. The standard InChI is InChI=1S/C20H14ClF2NO3/c21-17-12-14(9-10-18(17)27-20(22)23)24-19(25)13-5-4-8-16(11-13)26-15-6-2-1-3-7-15/h1-12,20H,(H,24,25). The molecule has 0 bridgehead atoms. The third-order valence-corrected chi connectivity index (χ3v) is 3.78. The summed E-state index contributed by atoms with van der Waals surface area (Å²) in [5, 5.41) is 2.62. The average molecular weight is 390 g/mol. The van der Waals surface area contributed by atoms with Gasteiger partial charge in [-0.1, -0.05) is 35.9 Å². The molecule has 0 radical (unpaired) electrons. The first kappa shape index (κ1) is 18.7. The van der Waals surface area contributed by atoms with Crippen molar-refractivity contribution >= 4 is 23.2 Å². The molecule has 3 rings (SSSR count). The molecule has 0 aliphatic rings. The molecule has 0 unspecified atom stereocenters. The molecular formula is C20H14ClF2NO3. The molecule has 27 heavy (non-hydrogen) atoms. The summed E-state index contributed by atoms with van der Waals surface area (Å²) >= 11 is 5.89. The highest BCUT2D eigenvalue weighted by Gasteiger charge is 2.12. The Kier molecular flexibility index (Phi) is 5.88. The third-order valence-electron chi connectivity index (χ3n) is 3.48. The zero-order chi connectivity index (χ0) is 19.2. The predicted octanol–water partition coefficient (Wildman–Crippen LogP) is 5.99. The van der Waals surface area contributed by atoms with Gasteiger partial charge in [-0.2, -0.15) is 8.78 Å². The Morgan fingerprint density at radius 3 is 2.37 bits per heavy atom. The number of alkyl halides is 2. The van der Waals surface area contributed by atoms with Gasteiger partial charge in [-0.25, -0.2) is 0 Å². The second-order valence-corrected chi connectivity index (χ2v) is 5.83. The summed E-state index contributed by atoms with van der Waals surface area (Å²) < 4.78 is 34.5. The van der Waals surface area contributed by atoms with Crippen molar-refractivity contribution in [3.63, 3.8) is 0 Å². The van der Waals surface area contributed by atoms with E-state index in [1.54, 1.807) is 36.4 Å². The Balaban J connectivity index is 1.71. The van der Waals surface area contributed by atoms with Crippen molar-refractivity contribution < 1.29 is 23.0 Å². The SMILES string of the molecule is O=C(Nc1ccc(OC(F)F)c(Cl)c1)c1cccc(Oc2ccccc2)c1. The highest BCUT2D eigenvalue weighted by Crippen LogP contribution is 2.29. The first-order valence-corrected chi connectivity index (χ1v) is 8.28. The van der Waals surface area contributed by atoms with Crippen LogP contribution in [-0.2, 0) is 0 Å². The van der Waals surface area contributed by atoms with E-state index in [1.165, 1.54) is 18.2 Å². The van der Waals surface area contributed by atoms with Crippen LogP contribution in [-0.4, -0.2) is 12.5 Å². The minimum Gasteiger partial charge on any atom is -0.457 e. The number of carbonyl (C=O) groups excluding carboxylic acids is 1. The number of hydrogen-bond acceptors (Lipinski definition) is 3. The Hall–Kier alpha value is -3.12. The van der Waals surface area contributed by atoms with Crippen LogP contribution in [0, 0.1) is 0 Å². The van der Waals surface area contributed by atoms with E-state index in [4.69, 9.17) is 16.3 Å². The summed E-state index contributed by atoms with van der Waals surface area (Å²) in [6, 6.07) is 19.8. The minimum absolute atomic E-state index is 0.0331. The van der Waals surface area contributed by atoms with E-state index in [1.807, 2.05) is 18.2 Å². The fraction of sp³-hybridized carbons (Fsp3) is 0.0500. The van der Waals surface area contributed by atoms with Gasteiger partial charge in [0.2, 0.25) is 0 Å². The molecule has 0 atom stereocenters. The number of nitrogens with one attached hydrogen (secondary N) is 1. The van der Waals surface area contributed by atoms with Crippen LogP contribution in [0.5, 0.6) is 17.2 Å². The Bertz CT molecular complexity index is 936. The van der Waals surface area contributed by atoms with Gasteiger partial charge in [0.25, 0.3) is 5.91 Å². The topological polar surface area (TPSA) is 47.6 Å². The number of benzene rings is 3. The van der Waals surface area contributed by atoms with E-state index in [0.29, 0.717) is 22.7 Å². The summed E-state index contributed by atoms with van der Waals surface area (Å²) in [6.45, 7) is -2.98. The lowest BCUT2D eigenvalue weighted by Crippen LogP contribution is -2.12. The Labute approximate surface area is 159 Å². The fourth-order valence-electron chi connectivity index (χ4n) is 2.30. The highest BCUT2D eigenvalue weighted by atomic mass is 35.5. The molecule has 0 saturated carbocycles. The fourth-order valence-corrected chi connectivity index (χ4v) is 2.52. The molecule has 0 aliphatic carbocycles. The van der Waals surface area contributed by atoms with Gasteiger partial charge in [0.05, 0.1) is 5.02 Å². The molecule has 4 nitrogen and oxygen atoms in total. The van der Waals surface area contributed by atoms with E-state index in [-0.39, 0.29) is 10.8 Å². The van der Waals surface area contributed by atoms with Crippen molar-refractivity contribution in [1.29, 1.82) is 0 Å². The Morgan fingerprint density at radius 1 is 0.926 bits per heavy atom. The van der Waals surface area contributed by atoms with Crippen LogP contribution in [0.2, 0.25) is 5.02 Å². The van der Waals surface area contributed by atoms with Crippen molar-refractivity contribution in [3.05, 3.63) is 83.4 Å². The van der Waals surface area contributed by atoms with Crippen LogP contribution in [0.25, 0.3) is 0 Å². The summed E-state index contributed by atoms with van der Waals surface area (Å²) in [4.78, 5) is 12.4. The molecule has 0 aromatic heterocycles. The molecule has 3 aromatic rings. The predicted molar refractivity (Wildman–Crippen MR) is 99.0 cm³/mol. The van der Waals surface area contributed by atoms with Gasteiger partial charge in [-0.3, -0.25) is 4.79 Å². The zero-order valence-corrected chi connectivity index (χ0v) is 14.6. The third kappa shape index (κ3) is 5.18. The van der Waals surface area contributed by atoms with Crippen molar-refractivity contribution in [3.8, 4) is 17.2 Å². The summed E-state index contributed by atoms with van der Waals surface area (Å²) in [5.41, 5.74) is 0.716. The number of rotatable bonds is 6. The van der Waals surface area contributed by atoms with Crippen LogP contribution in [0.3, 0.4) is 0 Å². The normalized spacial score (nSPS) is 10.5. The maximum atomic E-state index is 12.4. The molecule has 7 heteroatoms. The molecule has 3 aromatic carbocycles. The molecule has 0 spiro atoms. The molecular weight excluding hydrogens is 376 g/mol.